The first-order valence-corrected chi connectivity index (χ1v) is 5.68. The molecule has 1 aliphatic heterocycles. The van der Waals surface area contributed by atoms with Crippen LogP contribution in [0.4, 0.5) is 0 Å². The molecule has 0 amide bonds. The molecule has 0 aliphatic carbocycles. The van der Waals surface area contributed by atoms with Crippen LogP contribution in [0, 0.1) is 5.92 Å². The van der Waals surface area contributed by atoms with Gasteiger partial charge in [0.15, 0.2) is 0 Å². The maximum absolute atomic E-state index is 11.4. The molecule has 1 fully saturated rings. The summed E-state index contributed by atoms with van der Waals surface area (Å²) in [5.41, 5.74) is 0. The number of thioether (sulfide) groups is 1. The van der Waals surface area contributed by atoms with Crippen LogP contribution in [-0.4, -0.2) is 30.5 Å². The van der Waals surface area contributed by atoms with Gasteiger partial charge in [-0.2, -0.15) is 11.8 Å². The van der Waals surface area contributed by atoms with Crippen molar-refractivity contribution >= 4 is 17.5 Å². The van der Waals surface area contributed by atoms with Crippen LogP contribution < -0.4 is 0 Å². The molecule has 2 nitrogen and oxygen atoms in total. The fourth-order valence-corrected chi connectivity index (χ4v) is 2.09. The van der Waals surface area contributed by atoms with Crippen molar-refractivity contribution in [1.29, 1.82) is 0 Å². The van der Waals surface area contributed by atoms with Gasteiger partial charge < -0.3 is 4.74 Å². The smallest absolute Gasteiger partial charge is 0.148 e. The molecule has 0 aromatic rings. The molecule has 1 unspecified atom stereocenters. The van der Waals surface area contributed by atoms with Crippen LogP contribution in [0.25, 0.3) is 0 Å². The highest BCUT2D eigenvalue weighted by Crippen LogP contribution is 2.16. The molecular weight excluding hydrogens is 172 g/mol. The van der Waals surface area contributed by atoms with E-state index in [1.807, 2.05) is 0 Å². The monoisotopic (exact) mass is 188 g/mol. The van der Waals surface area contributed by atoms with Crippen molar-refractivity contribution in [2.75, 3.05) is 24.7 Å². The third-order valence-electron chi connectivity index (χ3n) is 1.98. The molecule has 0 N–H and O–H groups in total. The number of Topliss-reactive ketones (excluding diaryl/α,β-unsaturated/α-hetero) is 1. The van der Waals surface area contributed by atoms with Crippen LogP contribution in [0.1, 0.15) is 19.8 Å². The number of carbonyl (C=O) groups excluding carboxylic acids is 1. The molecule has 12 heavy (non-hydrogen) atoms. The van der Waals surface area contributed by atoms with Gasteiger partial charge in [-0.05, 0) is 18.6 Å². The van der Waals surface area contributed by atoms with Crippen molar-refractivity contribution < 1.29 is 9.53 Å². The number of ketones is 1. The summed E-state index contributed by atoms with van der Waals surface area (Å²) >= 11 is 1.74. The van der Waals surface area contributed by atoms with E-state index in [2.05, 4.69) is 6.92 Å². The Morgan fingerprint density at radius 2 is 2.50 bits per heavy atom. The largest absolute Gasteiger partial charge is 0.381 e. The maximum atomic E-state index is 11.4. The lowest BCUT2D eigenvalue weighted by Gasteiger charge is -2.04. The van der Waals surface area contributed by atoms with E-state index in [1.165, 1.54) is 0 Å². The summed E-state index contributed by atoms with van der Waals surface area (Å²) in [5.74, 6) is 2.36. The Bertz CT molecular complexity index is 141. The second-order valence-electron chi connectivity index (χ2n) is 3.08. The first-order valence-electron chi connectivity index (χ1n) is 4.52. The van der Waals surface area contributed by atoms with E-state index in [4.69, 9.17) is 4.74 Å². The Morgan fingerprint density at radius 3 is 3.08 bits per heavy atom. The summed E-state index contributed by atoms with van der Waals surface area (Å²) < 4.78 is 5.15. The molecule has 1 heterocycles. The second-order valence-corrected chi connectivity index (χ2v) is 4.18. The first kappa shape index (κ1) is 10.1. The number of ether oxygens (including phenoxy) is 1. The SMILES string of the molecule is CCCSCC(=O)C1CCOC1. The average molecular weight is 188 g/mol. The van der Waals surface area contributed by atoms with E-state index >= 15 is 0 Å². The zero-order valence-electron chi connectivity index (χ0n) is 7.54. The third-order valence-corrected chi connectivity index (χ3v) is 3.16. The Balaban J connectivity index is 2.10. The highest BCUT2D eigenvalue weighted by Gasteiger charge is 2.22. The van der Waals surface area contributed by atoms with Gasteiger partial charge in [0, 0.05) is 12.5 Å². The van der Waals surface area contributed by atoms with Gasteiger partial charge in [-0.25, -0.2) is 0 Å². The van der Waals surface area contributed by atoms with Gasteiger partial charge in [0.25, 0.3) is 0 Å². The van der Waals surface area contributed by atoms with E-state index in [9.17, 15) is 4.79 Å². The van der Waals surface area contributed by atoms with Crippen molar-refractivity contribution in [2.24, 2.45) is 5.92 Å². The normalized spacial score (nSPS) is 22.9. The van der Waals surface area contributed by atoms with Crippen LogP contribution in [0.2, 0.25) is 0 Å². The summed E-state index contributed by atoms with van der Waals surface area (Å²) in [6, 6.07) is 0. The van der Waals surface area contributed by atoms with Crippen LogP contribution in [0.3, 0.4) is 0 Å². The van der Waals surface area contributed by atoms with Crippen molar-refractivity contribution in [3.05, 3.63) is 0 Å². The lowest BCUT2D eigenvalue weighted by atomic mass is 10.1. The fraction of sp³-hybridized carbons (Fsp3) is 0.889. The molecule has 0 bridgehead atoms. The zero-order chi connectivity index (χ0) is 8.81. The van der Waals surface area contributed by atoms with Crippen molar-refractivity contribution in [1.82, 2.24) is 0 Å². The molecule has 1 aliphatic rings. The summed E-state index contributed by atoms with van der Waals surface area (Å²) in [6.07, 6.45) is 2.09. The van der Waals surface area contributed by atoms with Crippen molar-refractivity contribution in [3.8, 4) is 0 Å². The molecule has 70 valence electrons. The minimum absolute atomic E-state index is 0.203. The van der Waals surface area contributed by atoms with E-state index in [-0.39, 0.29) is 5.92 Å². The van der Waals surface area contributed by atoms with Gasteiger partial charge in [0.05, 0.1) is 12.4 Å². The van der Waals surface area contributed by atoms with Crippen LogP contribution in [-0.2, 0) is 9.53 Å². The standard InChI is InChI=1S/C9H16O2S/c1-2-5-12-7-9(10)8-3-4-11-6-8/h8H,2-7H2,1H3. The minimum Gasteiger partial charge on any atom is -0.381 e. The number of carbonyl (C=O) groups is 1. The van der Waals surface area contributed by atoms with Crippen molar-refractivity contribution in [3.63, 3.8) is 0 Å². The predicted octanol–water partition coefficient (Wildman–Crippen LogP) is 1.74. The molecule has 0 spiro atoms. The Hall–Kier alpha value is -0.0200. The van der Waals surface area contributed by atoms with E-state index in [1.54, 1.807) is 11.8 Å². The molecule has 0 saturated carbocycles. The molecule has 1 atom stereocenters. The third kappa shape index (κ3) is 3.15. The molecule has 3 heteroatoms. The van der Waals surface area contributed by atoms with E-state index in [0.717, 1.165) is 25.2 Å². The quantitative estimate of drug-likeness (QED) is 0.615. The Labute approximate surface area is 78.1 Å². The van der Waals surface area contributed by atoms with Gasteiger partial charge in [-0.1, -0.05) is 6.92 Å². The number of rotatable bonds is 5. The fourth-order valence-electron chi connectivity index (χ4n) is 1.22. The van der Waals surface area contributed by atoms with Crippen LogP contribution >= 0.6 is 11.8 Å². The lowest BCUT2D eigenvalue weighted by molar-refractivity contribution is -0.120. The van der Waals surface area contributed by atoms with Gasteiger partial charge in [0.1, 0.15) is 5.78 Å². The van der Waals surface area contributed by atoms with Crippen LogP contribution in [0.5, 0.6) is 0 Å². The van der Waals surface area contributed by atoms with Gasteiger partial charge in [0.2, 0.25) is 0 Å². The number of hydrogen-bond acceptors (Lipinski definition) is 3. The highest BCUT2D eigenvalue weighted by molar-refractivity contribution is 7.99. The first-order chi connectivity index (χ1) is 5.84. The van der Waals surface area contributed by atoms with Gasteiger partial charge in [-0.3, -0.25) is 4.79 Å². The molecule has 0 aromatic carbocycles. The Kier molecular flexibility index (Phi) is 4.69. The topological polar surface area (TPSA) is 26.3 Å². The maximum Gasteiger partial charge on any atom is 0.148 e. The second kappa shape index (κ2) is 5.60. The number of hydrogen-bond donors (Lipinski definition) is 0. The predicted molar refractivity (Wildman–Crippen MR) is 51.5 cm³/mol. The summed E-state index contributed by atoms with van der Waals surface area (Å²) in [6.45, 7) is 3.57. The van der Waals surface area contributed by atoms with Crippen LogP contribution in [0.15, 0.2) is 0 Å². The molecule has 1 saturated heterocycles. The molecule has 1 rings (SSSR count). The molecular formula is C9H16O2S. The lowest BCUT2D eigenvalue weighted by Crippen LogP contribution is -2.16. The summed E-state index contributed by atoms with van der Waals surface area (Å²) in [5, 5.41) is 0. The summed E-state index contributed by atoms with van der Waals surface area (Å²) in [7, 11) is 0. The van der Waals surface area contributed by atoms with Gasteiger partial charge in [-0.15, -0.1) is 0 Å². The minimum atomic E-state index is 0.203. The van der Waals surface area contributed by atoms with E-state index in [0.29, 0.717) is 18.1 Å². The molecule has 0 radical (unpaired) electrons. The van der Waals surface area contributed by atoms with Crippen molar-refractivity contribution in [2.45, 2.75) is 19.8 Å². The van der Waals surface area contributed by atoms with Gasteiger partial charge >= 0.3 is 0 Å². The Morgan fingerprint density at radius 1 is 1.67 bits per heavy atom. The molecule has 0 aromatic heterocycles. The summed E-state index contributed by atoms with van der Waals surface area (Å²) in [4.78, 5) is 11.4. The highest BCUT2D eigenvalue weighted by atomic mass is 32.2. The average Bonchev–Trinajstić information content (AvgIpc) is 2.56. The van der Waals surface area contributed by atoms with E-state index < -0.39 is 0 Å². The zero-order valence-corrected chi connectivity index (χ0v) is 8.36.